The molecule has 0 saturated heterocycles. The van der Waals surface area contributed by atoms with Crippen LogP contribution in [0.15, 0.2) is 22.6 Å². The molecule has 0 bridgehead atoms. The summed E-state index contributed by atoms with van der Waals surface area (Å²) < 4.78 is 10.9. The van der Waals surface area contributed by atoms with Gasteiger partial charge in [-0.05, 0) is 31.5 Å². The topological polar surface area (TPSA) is 64.5 Å². The molecule has 1 aromatic carbocycles. The van der Waals surface area contributed by atoms with Crippen LogP contribution in [0.2, 0.25) is 0 Å². The summed E-state index contributed by atoms with van der Waals surface area (Å²) in [5.74, 6) is 0.724. The summed E-state index contributed by atoms with van der Waals surface area (Å²) in [6.45, 7) is 6.64. The van der Waals surface area contributed by atoms with Crippen molar-refractivity contribution in [3.05, 3.63) is 24.1 Å². The molecule has 0 saturated carbocycles. The van der Waals surface area contributed by atoms with Crippen LogP contribution >= 0.6 is 0 Å². The molecule has 110 valence electrons. The van der Waals surface area contributed by atoms with E-state index in [4.69, 9.17) is 14.9 Å². The van der Waals surface area contributed by atoms with E-state index >= 15 is 0 Å². The van der Waals surface area contributed by atoms with Gasteiger partial charge in [0.2, 0.25) is 5.89 Å². The molecule has 1 atom stereocenters. The zero-order chi connectivity index (χ0) is 14.5. The lowest BCUT2D eigenvalue weighted by molar-refractivity contribution is 0.111. The Kier molecular flexibility index (Phi) is 4.98. The van der Waals surface area contributed by atoms with Gasteiger partial charge < -0.3 is 14.9 Å². The molecule has 0 amide bonds. The number of oxazole rings is 1. The predicted molar refractivity (Wildman–Crippen MR) is 80.5 cm³/mol. The fourth-order valence-corrected chi connectivity index (χ4v) is 2.16. The Morgan fingerprint density at radius 1 is 1.45 bits per heavy atom. The number of ether oxygens (including phenoxy) is 1. The molecule has 0 spiro atoms. The van der Waals surface area contributed by atoms with Crippen LogP contribution in [-0.4, -0.2) is 36.2 Å². The molecule has 5 heteroatoms. The van der Waals surface area contributed by atoms with Gasteiger partial charge in [0.15, 0.2) is 5.58 Å². The number of anilines is 1. The van der Waals surface area contributed by atoms with E-state index < -0.39 is 0 Å². The summed E-state index contributed by atoms with van der Waals surface area (Å²) >= 11 is 0. The quantitative estimate of drug-likeness (QED) is 0.788. The number of nitrogens with two attached hydrogens (primary N) is 1. The number of nitrogen functional groups attached to an aromatic ring is 1. The second-order valence-electron chi connectivity index (χ2n) is 5.06. The fourth-order valence-electron chi connectivity index (χ4n) is 2.16. The molecule has 0 fully saturated rings. The van der Waals surface area contributed by atoms with Crippen LogP contribution in [-0.2, 0) is 11.3 Å². The van der Waals surface area contributed by atoms with Gasteiger partial charge in [0, 0.05) is 25.4 Å². The van der Waals surface area contributed by atoms with E-state index in [0.717, 1.165) is 30.0 Å². The Labute approximate surface area is 119 Å². The van der Waals surface area contributed by atoms with Gasteiger partial charge in [-0.1, -0.05) is 6.92 Å². The van der Waals surface area contributed by atoms with Crippen molar-refractivity contribution >= 4 is 16.8 Å². The van der Waals surface area contributed by atoms with Crippen molar-refractivity contribution in [2.24, 2.45) is 0 Å². The summed E-state index contributed by atoms with van der Waals surface area (Å²) in [6, 6.07) is 5.99. The van der Waals surface area contributed by atoms with Gasteiger partial charge in [0.05, 0.1) is 13.2 Å². The van der Waals surface area contributed by atoms with Crippen molar-refractivity contribution in [1.29, 1.82) is 0 Å². The minimum Gasteiger partial charge on any atom is -0.439 e. The number of benzene rings is 1. The van der Waals surface area contributed by atoms with Crippen LogP contribution in [0.5, 0.6) is 0 Å². The Morgan fingerprint density at radius 2 is 2.25 bits per heavy atom. The third kappa shape index (κ3) is 3.49. The summed E-state index contributed by atoms with van der Waals surface area (Å²) in [7, 11) is 1.72. The standard InChI is InChI=1S/C15H23N3O2/c1-4-11(2)18(7-8-19-3)10-15-17-13-9-12(16)5-6-14(13)20-15/h5-6,9,11H,4,7-8,10,16H2,1-3H3. The number of methoxy groups -OCH3 is 1. The number of aromatic nitrogens is 1. The third-order valence-electron chi connectivity index (χ3n) is 3.59. The van der Waals surface area contributed by atoms with Crippen LogP contribution in [0, 0.1) is 0 Å². The first kappa shape index (κ1) is 14.8. The Bertz CT molecular complexity index is 553. The summed E-state index contributed by atoms with van der Waals surface area (Å²) in [4.78, 5) is 6.83. The van der Waals surface area contributed by atoms with Gasteiger partial charge in [-0.25, -0.2) is 4.98 Å². The molecule has 2 N–H and O–H groups in total. The molecular formula is C15H23N3O2. The number of nitrogens with zero attached hydrogens (tertiary/aromatic N) is 2. The van der Waals surface area contributed by atoms with E-state index in [1.807, 2.05) is 18.2 Å². The summed E-state index contributed by atoms with van der Waals surface area (Å²) in [5, 5.41) is 0. The average molecular weight is 277 g/mol. The molecule has 0 aliphatic heterocycles. The van der Waals surface area contributed by atoms with Crippen molar-refractivity contribution in [1.82, 2.24) is 9.88 Å². The van der Waals surface area contributed by atoms with E-state index in [1.54, 1.807) is 7.11 Å². The van der Waals surface area contributed by atoms with E-state index in [1.165, 1.54) is 0 Å². The van der Waals surface area contributed by atoms with Crippen molar-refractivity contribution in [2.75, 3.05) is 26.0 Å². The minimum absolute atomic E-state index is 0.463. The Morgan fingerprint density at radius 3 is 2.95 bits per heavy atom. The lowest BCUT2D eigenvalue weighted by Gasteiger charge is -2.26. The second-order valence-corrected chi connectivity index (χ2v) is 5.06. The van der Waals surface area contributed by atoms with E-state index in [9.17, 15) is 0 Å². The van der Waals surface area contributed by atoms with E-state index in [0.29, 0.717) is 24.9 Å². The molecule has 0 aliphatic carbocycles. The maximum absolute atomic E-state index is 5.78. The molecule has 2 rings (SSSR count). The predicted octanol–water partition coefficient (Wildman–Crippen LogP) is 2.66. The lowest BCUT2D eigenvalue weighted by Crippen LogP contribution is -2.34. The molecule has 1 aromatic heterocycles. The zero-order valence-electron chi connectivity index (χ0n) is 12.4. The molecule has 0 radical (unpaired) electrons. The van der Waals surface area contributed by atoms with Crippen LogP contribution in [0.4, 0.5) is 5.69 Å². The molecule has 5 nitrogen and oxygen atoms in total. The van der Waals surface area contributed by atoms with Gasteiger partial charge in [-0.3, -0.25) is 4.90 Å². The smallest absolute Gasteiger partial charge is 0.209 e. The maximum atomic E-state index is 5.78. The summed E-state index contributed by atoms with van der Waals surface area (Å²) in [5.41, 5.74) is 8.06. The maximum Gasteiger partial charge on any atom is 0.209 e. The van der Waals surface area contributed by atoms with Crippen molar-refractivity contribution in [3.8, 4) is 0 Å². The van der Waals surface area contributed by atoms with Gasteiger partial charge in [0.1, 0.15) is 5.52 Å². The highest BCUT2D eigenvalue weighted by Crippen LogP contribution is 2.20. The van der Waals surface area contributed by atoms with Crippen molar-refractivity contribution < 1.29 is 9.15 Å². The highest BCUT2D eigenvalue weighted by atomic mass is 16.5. The molecule has 0 aliphatic rings. The monoisotopic (exact) mass is 277 g/mol. The number of rotatable bonds is 7. The zero-order valence-corrected chi connectivity index (χ0v) is 12.4. The summed E-state index contributed by atoms with van der Waals surface area (Å²) in [6.07, 6.45) is 1.08. The van der Waals surface area contributed by atoms with Gasteiger partial charge in [-0.2, -0.15) is 0 Å². The molecule has 2 aromatic rings. The SMILES string of the molecule is CCC(C)N(CCOC)Cc1nc2cc(N)ccc2o1. The molecule has 1 heterocycles. The number of hydrogen-bond acceptors (Lipinski definition) is 5. The van der Waals surface area contributed by atoms with Crippen LogP contribution in [0.25, 0.3) is 11.1 Å². The molecule has 20 heavy (non-hydrogen) atoms. The Balaban J connectivity index is 2.14. The minimum atomic E-state index is 0.463. The van der Waals surface area contributed by atoms with E-state index in [2.05, 4.69) is 23.7 Å². The van der Waals surface area contributed by atoms with Crippen molar-refractivity contribution in [3.63, 3.8) is 0 Å². The number of hydrogen-bond donors (Lipinski definition) is 1. The lowest BCUT2D eigenvalue weighted by atomic mass is 10.2. The second kappa shape index (κ2) is 6.72. The fraction of sp³-hybridized carbons (Fsp3) is 0.533. The first-order valence-electron chi connectivity index (χ1n) is 7.02. The first-order chi connectivity index (χ1) is 9.63. The Hall–Kier alpha value is -1.59. The van der Waals surface area contributed by atoms with E-state index in [-0.39, 0.29) is 0 Å². The van der Waals surface area contributed by atoms with Crippen LogP contribution in [0.1, 0.15) is 26.2 Å². The normalized spacial score (nSPS) is 13.2. The largest absolute Gasteiger partial charge is 0.439 e. The van der Waals surface area contributed by atoms with Gasteiger partial charge in [0.25, 0.3) is 0 Å². The van der Waals surface area contributed by atoms with Crippen molar-refractivity contribution in [2.45, 2.75) is 32.9 Å². The molecular weight excluding hydrogens is 254 g/mol. The van der Waals surface area contributed by atoms with Gasteiger partial charge >= 0.3 is 0 Å². The first-order valence-corrected chi connectivity index (χ1v) is 7.02. The van der Waals surface area contributed by atoms with Gasteiger partial charge in [-0.15, -0.1) is 0 Å². The number of fused-ring (bicyclic) bond motifs is 1. The van der Waals surface area contributed by atoms with Crippen LogP contribution < -0.4 is 5.73 Å². The third-order valence-corrected chi connectivity index (χ3v) is 3.59. The highest BCUT2D eigenvalue weighted by molar-refractivity contribution is 5.76. The highest BCUT2D eigenvalue weighted by Gasteiger charge is 2.16. The average Bonchev–Trinajstić information content (AvgIpc) is 2.84. The molecule has 1 unspecified atom stereocenters. The van der Waals surface area contributed by atoms with Crippen LogP contribution in [0.3, 0.4) is 0 Å².